The zero-order chi connectivity index (χ0) is 8.73. The standard InChI is InChI=1S/C6H13.C4H9.CH3.HI.Y/c1-5(2)6(3)4;1-4(2)3;;;/h5H,1-4H3;1-3H3;1H3;1H;/q3*-1;;. The van der Waals surface area contributed by atoms with E-state index in [2.05, 4.69) is 48.5 Å². The van der Waals surface area contributed by atoms with E-state index in [9.17, 15) is 0 Å². The number of halogens is 1. The molecule has 0 nitrogen and oxygen atoms in total. The van der Waals surface area contributed by atoms with Gasteiger partial charge in [0.15, 0.2) is 0 Å². The Labute approximate surface area is 129 Å². The number of rotatable bonds is 1. The van der Waals surface area contributed by atoms with Crippen LogP contribution in [0.5, 0.6) is 0 Å². The topological polar surface area (TPSA) is 0 Å². The second-order valence-corrected chi connectivity index (χ2v) is 3.73. The van der Waals surface area contributed by atoms with E-state index < -0.39 is 0 Å². The fourth-order valence-electron chi connectivity index (χ4n) is 0. The zero-order valence-corrected chi connectivity index (χ0v) is 15.7. The van der Waals surface area contributed by atoms with Crippen LogP contribution in [0.4, 0.5) is 0 Å². The maximum atomic E-state index is 2.20. The van der Waals surface area contributed by atoms with Gasteiger partial charge in [-0.1, -0.05) is 13.8 Å². The van der Waals surface area contributed by atoms with Crippen molar-refractivity contribution < 1.29 is 32.7 Å². The molecule has 0 aliphatic rings. The summed E-state index contributed by atoms with van der Waals surface area (Å²) in [4.78, 5) is 0. The van der Waals surface area contributed by atoms with Gasteiger partial charge in [-0.05, 0) is 0 Å². The van der Waals surface area contributed by atoms with Crippen molar-refractivity contribution in [2.75, 3.05) is 0 Å². The maximum Gasteiger partial charge on any atom is 0 e. The maximum absolute atomic E-state index is 2.20. The van der Waals surface area contributed by atoms with Crippen LogP contribution in [0, 0.1) is 25.2 Å². The summed E-state index contributed by atoms with van der Waals surface area (Å²) in [5.41, 5.74) is 0. The molecule has 0 fully saturated rings. The fraction of sp³-hybridized carbons (Fsp3) is 0.727. The van der Waals surface area contributed by atoms with Crippen molar-refractivity contribution in [1.82, 2.24) is 0 Å². The molecule has 0 bridgehead atoms. The first-order chi connectivity index (χ1) is 4.37. The Morgan fingerprint density at radius 3 is 0.923 bits per heavy atom. The summed E-state index contributed by atoms with van der Waals surface area (Å²) in [6, 6.07) is 0. The normalized spacial score (nSPS) is 7.85. The van der Waals surface area contributed by atoms with E-state index >= 15 is 0 Å². The van der Waals surface area contributed by atoms with Crippen molar-refractivity contribution in [3.63, 3.8) is 0 Å². The van der Waals surface area contributed by atoms with Gasteiger partial charge in [-0.15, -0.1) is 24.0 Å². The van der Waals surface area contributed by atoms with Crippen LogP contribution < -0.4 is 0 Å². The summed E-state index contributed by atoms with van der Waals surface area (Å²) in [7, 11) is 0. The Kier molecular flexibility index (Phi) is 43.8. The second-order valence-electron chi connectivity index (χ2n) is 3.73. The van der Waals surface area contributed by atoms with Gasteiger partial charge < -0.3 is 19.3 Å². The summed E-state index contributed by atoms with van der Waals surface area (Å²) in [6.45, 7) is 15.0. The van der Waals surface area contributed by atoms with Gasteiger partial charge in [0.05, 0.1) is 0 Å². The average molecular weight is 374 g/mol. The molecule has 0 atom stereocenters. The molecule has 0 unspecified atom stereocenters. The zero-order valence-electron chi connectivity index (χ0n) is 10.6. The van der Waals surface area contributed by atoms with Gasteiger partial charge in [0.2, 0.25) is 0 Å². The van der Waals surface area contributed by atoms with E-state index in [1.807, 2.05) is 0 Å². The smallest absolute Gasteiger partial charge is 0 e. The van der Waals surface area contributed by atoms with Gasteiger partial charge >= 0.3 is 0 Å². The molecular formula is C11H26IY-3. The first-order valence-corrected chi connectivity index (χ1v) is 3.94. The molecule has 1 radical (unpaired) electrons. The van der Waals surface area contributed by atoms with Crippen molar-refractivity contribution in [2.45, 2.75) is 48.5 Å². The van der Waals surface area contributed by atoms with Crippen molar-refractivity contribution in [1.29, 1.82) is 0 Å². The van der Waals surface area contributed by atoms with Crippen LogP contribution >= 0.6 is 24.0 Å². The minimum absolute atomic E-state index is 0. The van der Waals surface area contributed by atoms with E-state index in [1.54, 1.807) is 0 Å². The predicted molar refractivity (Wildman–Crippen MR) is 71.5 cm³/mol. The summed E-state index contributed by atoms with van der Waals surface area (Å²) >= 11 is 0. The fourth-order valence-corrected chi connectivity index (χ4v) is 0. The van der Waals surface area contributed by atoms with Crippen LogP contribution in [0.25, 0.3) is 0 Å². The molecule has 0 aliphatic heterocycles. The Bertz CT molecular complexity index is 52.4. The van der Waals surface area contributed by atoms with Gasteiger partial charge in [-0.25, -0.2) is 0 Å². The molecule has 0 aromatic carbocycles. The van der Waals surface area contributed by atoms with Crippen LogP contribution in [0.15, 0.2) is 0 Å². The molecule has 0 saturated heterocycles. The van der Waals surface area contributed by atoms with Gasteiger partial charge in [-0.2, -0.15) is 40.5 Å². The molecule has 0 saturated carbocycles. The van der Waals surface area contributed by atoms with Gasteiger partial charge in [0, 0.05) is 32.7 Å². The van der Waals surface area contributed by atoms with Crippen molar-refractivity contribution in [3.8, 4) is 0 Å². The second kappa shape index (κ2) is 19.4. The van der Waals surface area contributed by atoms with E-state index in [0.29, 0.717) is 0 Å². The molecule has 0 rings (SSSR count). The minimum Gasteiger partial charge on any atom is -0.358 e. The van der Waals surface area contributed by atoms with Crippen LogP contribution in [0.2, 0.25) is 0 Å². The summed E-state index contributed by atoms with van der Waals surface area (Å²) in [6.07, 6.45) is 0. The average Bonchev–Trinajstić information content (AvgIpc) is 1.63. The van der Waals surface area contributed by atoms with Crippen LogP contribution in [0.1, 0.15) is 48.5 Å². The van der Waals surface area contributed by atoms with Crippen molar-refractivity contribution >= 4 is 24.0 Å². The van der Waals surface area contributed by atoms with E-state index in [-0.39, 0.29) is 64.1 Å². The molecule has 13 heavy (non-hydrogen) atoms. The van der Waals surface area contributed by atoms with Gasteiger partial charge in [0.25, 0.3) is 0 Å². The van der Waals surface area contributed by atoms with Crippen LogP contribution in [-0.4, -0.2) is 0 Å². The van der Waals surface area contributed by atoms with Crippen molar-refractivity contribution in [2.24, 2.45) is 5.92 Å². The molecule has 83 valence electrons. The van der Waals surface area contributed by atoms with Gasteiger partial charge in [0.1, 0.15) is 0 Å². The number of hydrogen-bond acceptors (Lipinski definition) is 0. The quantitative estimate of drug-likeness (QED) is 0.451. The summed E-state index contributed by atoms with van der Waals surface area (Å²) in [5, 5.41) is 0. The molecule has 0 amide bonds. The third kappa shape index (κ3) is 56.9. The first-order valence-electron chi connectivity index (χ1n) is 3.94. The van der Waals surface area contributed by atoms with Crippen LogP contribution in [-0.2, 0) is 32.7 Å². The molecule has 0 aliphatic carbocycles. The van der Waals surface area contributed by atoms with E-state index in [0.717, 1.165) is 5.92 Å². The minimum atomic E-state index is 0. The molecule has 0 N–H and O–H groups in total. The van der Waals surface area contributed by atoms with E-state index in [4.69, 9.17) is 0 Å². The predicted octanol–water partition coefficient (Wildman–Crippen LogP) is 4.94. The van der Waals surface area contributed by atoms with Gasteiger partial charge in [-0.3, -0.25) is 0 Å². The molecule has 0 aromatic heterocycles. The summed E-state index contributed by atoms with van der Waals surface area (Å²) in [5.74, 6) is 3.69. The SMILES string of the molecule is C[C-](C)C.C[C-](C)C(C)C.I.[CH3-].[Y]. The molecular weight excluding hydrogens is 348 g/mol. The summed E-state index contributed by atoms with van der Waals surface area (Å²) < 4.78 is 0. The third-order valence-electron chi connectivity index (χ3n) is 1.15. The first kappa shape index (κ1) is 29.4. The largest absolute Gasteiger partial charge is 0.358 e. The molecule has 0 spiro atoms. The molecule has 2 heteroatoms. The Hall–Kier alpha value is 1.83. The number of hydrogen-bond donors (Lipinski definition) is 0. The molecule has 0 aromatic rings. The Morgan fingerprint density at radius 1 is 0.846 bits per heavy atom. The van der Waals surface area contributed by atoms with E-state index in [1.165, 1.54) is 11.8 Å². The molecule has 0 heterocycles. The monoisotopic (exact) mass is 374 g/mol. The Morgan fingerprint density at radius 2 is 0.923 bits per heavy atom. The van der Waals surface area contributed by atoms with Crippen molar-refractivity contribution in [3.05, 3.63) is 19.3 Å². The van der Waals surface area contributed by atoms with Crippen LogP contribution in [0.3, 0.4) is 0 Å². The third-order valence-corrected chi connectivity index (χ3v) is 1.15. The Balaban J connectivity index is -0.0000000279.